The van der Waals surface area contributed by atoms with Crippen molar-refractivity contribution in [3.8, 4) is 0 Å². The van der Waals surface area contributed by atoms with Gasteiger partial charge in [-0.1, -0.05) is 24.3 Å². The number of carbonyl (C=O) groups excluding carboxylic acids is 3. The lowest BCUT2D eigenvalue weighted by atomic mass is 10.1. The molecule has 0 bridgehead atoms. The van der Waals surface area contributed by atoms with Crippen LogP contribution in [0.2, 0.25) is 0 Å². The van der Waals surface area contributed by atoms with Gasteiger partial charge in [0.1, 0.15) is 12.9 Å². The third-order valence-corrected chi connectivity index (χ3v) is 3.81. The van der Waals surface area contributed by atoms with E-state index in [0.29, 0.717) is 22.5 Å². The maximum Gasteiger partial charge on any atom is 0.340 e. The monoisotopic (exact) mass is 356 g/mol. The fraction of sp³-hybridized carbons (Fsp3) is 0.211. The minimum Gasteiger partial charge on any atom is -0.465 e. The van der Waals surface area contributed by atoms with Gasteiger partial charge in [-0.15, -0.1) is 0 Å². The van der Waals surface area contributed by atoms with Crippen LogP contribution >= 0.6 is 0 Å². The van der Waals surface area contributed by atoms with E-state index >= 15 is 0 Å². The molecule has 2 N–H and O–H groups in total. The van der Waals surface area contributed by atoms with Crippen molar-refractivity contribution in [3.63, 3.8) is 0 Å². The predicted molar refractivity (Wildman–Crippen MR) is 97.8 cm³/mol. The summed E-state index contributed by atoms with van der Waals surface area (Å²) in [5.74, 6) is -1.05. The molecule has 0 saturated carbocycles. The van der Waals surface area contributed by atoms with Gasteiger partial charge in [-0.25, -0.2) is 9.59 Å². The summed E-state index contributed by atoms with van der Waals surface area (Å²) in [6.07, 6.45) is 0.747. The van der Waals surface area contributed by atoms with E-state index in [2.05, 4.69) is 10.6 Å². The number of carbonyl (C=O) groups is 3. The quantitative estimate of drug-likeness (QED) is 0.582. The Morgan fingerprint density at radius 1 is 0.962 bits per heavy atom. The lowest BCUT2D eigenvalue weighted by Gasteiger charge is -2.14. The number of nitrogens with one attached hydrogen (secondary N) is 2. The smallest absolute Gasteiger partial charge is 0.340 e. The molecular weight excluding hydrogens is 336 g/mol. The van der Waals surface area contributed by atoms with Crippen LogP contribution in [0.25, 0.3) is 0 Å². The van der Waals surface area contributed by atoms with Gasteiger partial charge in [0.25, 0.3) is 0 Å². The van der Waals surface area contributed by atoms with E-state index < -0.39 is 11.9 Å². The Balaban J connectivity index is 2.23. The standard InChI is InChI=1S/C19H20N2O5/c1-20-16-9-15(17(21-2)8-14(16)18(23)25-3)19(24)26-11-13-6-4-12(10-22)5-7-13/h4-10,20-21H,11H2,1-3H3. The second-order valence-corrected chi connectivity index (χ2v) is 5.37. The summed E-state index contributed by atoms with van der Waals surface area (Å²) < 4.78 is 10.1. The van der Waals surface area contributed by atoms with Crippen molar-refractivity contribution < 1.29 is 23.9 Å². The van der Waals surface area contributed by atoms with E-state index in [-0.39, 0.29) is 12.2 Å². The molecule has 0 heterocycles. The van der Waals surface area contributed by atoms with Gasteiger partial charge >= 0.3 is 11.9 Å². The van der Waals surface area contributed by atoms with Gasteiger partial charge in [-0.3, -0.25) is 4.79 Å². The molecule has 0 aliphatic carbocycles. The highest BCUT2D eigenvalue weighted by molar-refractivity contribution is 6.03. The van der Waals surface area contributed by atoms with E-state index in [1.807, 2.05) is 0 Å². The predicted octanol–water partition coefficient (Wildman–Crippen LogP) is 2.73. The van der Waals surface area contributed by atoms with Gasteiger partial charge in [-0.05, 0) is 17.7 Å². The van der Waals surface area contributed by atoms with Crippen molar-refractivity contribution in [3.05, 3.63) is 58.7 Å². The largest absolute Gasteiger partial charge is 0.465 e. The molecule has 7 heteroatoms. The SMILES string of the molecule is CNc1cc(C(=O)OCc2ccc(C=O)cc2)c(NC)cc1C(=O)OC. The summed E-state index contributed by atoms with van der Waals surface area (Å²) >= 11 is 0. The highest BCUT2D eigenvalue weighted by Crippen LogP contribution is 2.27. The molecule has 0 unspecified atom stereocenters. The van der Waals surface area contributed by atoms with Crippen molar-refractivity contribution in [1.82, 2.24) is 0 Å². The zero-order valence-electron chi connectivity index (χ0n) is 14.8. The molecule has 2 aromatic rings. The number of aldehydes is 1. The molecule has 0 aromatic heterocycles. The van der Waals surface area contributed by atoms with Crippen LogP contribution in [0.3, 0.4) is 0 Å². The molecule has 0 spiro atoms. The number of benzene rings is 2. The van der Waals surface area contributed by atoms with Crippen molar-refractivity contribution in [1.29, 1.82) is 0 Å². The molecule has 0 fully saturated rings. The van der Waals surface area contributed by atoms with Crippen molar-refractivity contribution in [2.75, 3.05) is 31.8 Å². The van der Waals surface area contributed by atoms with E-state index in [1.165, 1.54) is 19.2 Å². The zero-order valence-corrected chi connectivity index (χ0v) is 14.8. The minimum atomic E-state index is -0.540. The summed E-state index contributed by atoms with van der Waals surface area (Å²) in [5, 5.41) is 5.76. The Labute approximate surface area is 151 Å². The lowest BCUT2D eigenvalue weighted by molar-refractivity contribution is 0.0472. The number of methoxy groups -OCH3 is 1. The van der Waals surface area contributed by atoms with Crippen LogP contribution in [0.5, 0.6) is 0 Å². The number of ether oxygens (including phenoxy) is 2. The Bertz CT molecular complexity index is 815. The van der Waals surface area contributed by atoms with Gasteiger partial charge in [0.05, 0.1) is 18.2 Å². The molecule has 0 radical (unpaired) electrons. The molecule has 2 aromatic carbocycles. The van der Waals surface area contributed by atoms with Gasteiger partial charge in [0, 0.05) is 31.0 Å². The first kappa shape index (κ1) is 19.0. The fourth-order valence-electron chi connectivity index (χ4n) is 2.38. The van der Waals surface area contributed by atoms with E-state index in [9.17, 15) is 14.4 Å². The summed E-state index contributed by atoms with van der Waals surface area (Å²) in [4.78, 5) is 35.0. The summed E-state index contributed by atoms with van der Waals surface area (Å²) in [6.45, 7) is 0.0643. The molecule has 136 valence electrons. The van der Waals surface area contributed by atoms with Gasteiger partial charge in [0.15, 0.2) is 0 Å². The molecule has 26 heavy (non-hydrogen) atoms. The minimum absolute atomic E-state index is 0.0643. The number of hydrogen-bond acceptors (Lipinski definition) is 7. The molecule has 0 aliphatic rings. The van der Waals surface area contributed by atoms with Crippen LogP contribution in [-0.4, -0.2) is 39.4 Å². The van der Waals surface area contributed by atoms with Crippen molar-refractivity contribution in [2.24, 2.45) is 0 Å². The normalized spacial score (nSPS) is 9.96. The van der Waals surface area contributed by atoms with Crippen molar-refractivity contribution >= 4 is 29.6 Å². The number of esters is 2. The number of hydrogen-bond donors (Lipinski definition) is 2. The van der Waals surface area contributed by atoms with E-state index in [1.54, 1.807) is 38.4 Å². The first-order chi connectivity index (χ1) is 12.5. The van der Waals surface area contributed by atoms with Crippen molar-refractivity contribution in [2.45, 2.75) is 6.61 Å². The van der Waals surface area contributed by atoms with Gasteiger partial charge in [-0.2, -0.15) is 0 Å². The average molecular weight is 356 g/mol. The Kier molecular flexibility index (Phi) is 6.32. The summed E-state index contributed by atoms with van der Waals surface area (Å²) in [7, 11) is 4.58. The maximum absolute atomic E-state index is 12.5. The molecule has 0 saturated heterocycles. The lowest BCUT2D eigenvalue weighted by Crippen LogP contribution is -2.13. The average Bonchev–Trinajstić information content (AvgIpc) is 2.70. The third-order valence-electron chi connectivity index (χ3n) is 3.81. The molecule has 0 aliphatic heterocycles. The maximum atomic E-state index is 12.5. The Morgan fingerprint density at radius 3 is 1.96 bits per heavy atom. The third kappa shape index (κ3) is 4.18. The van der Waals surface area contributed by atoms with Crippen LogP contribution in [-0.2, 0) is 16.1 Å². The second-order valence-electron chi connectivity index (χ2n) is 5.37. The summed E-state index contributed by atoms with van der Waals surface area (Å²) in [5.41, 5.74) is 2.81. The first-order valence-corrected chi connectivity index (χ1v) is 7.87. The second kappa shape index (κ2) is 8.66. The van der Waals surface area contributed by atoms with Crippen LogP contribution < -0.4 is 10.6 Å². The van der Waals surface area contributed by atoms with Crippen LogP contribution in [0.15, 0.2) is 36.4 Å². The molecular formula is C19H20N2O5. The van der Waals surface area contributed by atoms with Crippen LogP contribution in [0, 0.1) is 0 Å². The molecule has 0 atom stereocenters. The van der Waals surface area contributed by atoms with E-state index in [0.717, 1.165) is 11.8 Å². The Hall–Kier alpha value is -3.35. The van der Waals surface area contributed by atoms with Gasteiger partial charge in [0.2, 0.25) is 0 Å². The van der Waals surface area contributed by atoms with E-state index in [4.69, 9.17) is 9.47 Å². The summed E-state index contributed by atoms with van der Waals surface area (Å²) in [6, 6.07) is 9.81. The zero-order chi connectivity index (χ0) is 19.1. The Morgan fingerprint density at radius 2 is 1.50 bits per heavy atom. The molecule has 0 amide bonds. The van der Waals surface area contributed by atoms with Gasteiger partial charge < -0.3 is 20.1 Å². The molecule has 7 nitrogen and oxygen atoms in total. The first-order valence-electron chi connectivity index (χ1n) is 7.87. The fourth-order valence-corrected chi connectivity index (χ4v) is 2.38. The number of anilines is 2. The van der Waals surface area contributed by atoms with Crippen LogP contribution in [0.4, 0.5) is 11.4 Å². The van der Waals surface area contributed by atoms with Crippen LogP contribution in [0.1, 0.15) is 36.6 Å². The highest BCUT2D eigenvalue weighted by Gasteiger charge is 2.20. The molecule has 2 rings (SSSR count). The topological polar surface area (TPSA) is 93.7 Å². The number of rotatable bonds is 7. The highest BCUT2D eigenvalue weighted by atomic mass is 16.5.